The number of fused-ring (bicyclic) bond motifs is 4. The molecule has 0 aliphatic heterocycles. The minimum absolute atomic E-state index is 0.151. The maximum absolute atomic E-state index is 2.42. The highest BCUT2D eigenvalue weighted by molar-refractivity contribution is 5.90. The van der Waals surface area contributed by atoms with Crippen LogP contribution in [0, 0.1) is 6.92 Å². The van der Waals surface area contributed by atoms with E-state index in [0.29, 0.717) is 0 Å². The lowest BCUT2D eigenvalue weighted by atomic mass is 9.81. The minimum Gasteiger partial charge on any atom is -0.310 e. The summed E-state index contributed by atoms with van der Waals surface area (Å²) in [7, 11) is 0. The smallest absolute Gasteiger partial charge is 0.0465 e. The fourth-order valence-electron chi connectivity index (χ4n) is 7.92. The molecule has 0 heterocycles. The van der Waals surface area contributed by atoms with Gasteiger partial charge in [0.15, 0.2) is 0 Å². The second kappa shape index (κ2) is 12.3. The third kappa shape index (κ3) is 5.52. The molecule has 0 unspecified atom stereocenters. The van der Waals surface area contributed by atoms with Crippen LogP contribution in [0.15, 0.2) is 182 Å². The Morgan fingerprint density at radius 1 is 0.353 bits per heavy atom. The molecule has 0 atom stereocenters. The molecule has 1 heteroatoms. The third-order valence-electron chi connectivity index (χ3n) is 10.7. The molecule has 0 bridgehead atoms. The van der Waals surface area contributed by atoms with E-state index in [0.717, 1.165) is 17.1 Å². The number of nitrogens with zero attached hydrogens (tertiary/aromatic N) is 1. The van der Waals surface area contributed by atoms with Crippen LogP contribution in [0.1, 0.15) is 30.5 Å². The third-order valence-corrected chi connectivity index (χ3v) is 10.7. The zero-order valence-corrected chi connectivity index (χ0v) is 29.3. The Balaban J connectivity index is 1.07. The summed E-state index contributed by atoms with van der Waals surface area (Å²) in [6, 6.07) is 66.7. The van der Waals surface area contributed by atoms with Gasteiger partial charge in [0, 0.05) is 22.5 Å². The Morgan fingerprint density at radius 3 is 1.57 bits per heavy atom. The molecule has 244 valence electrons. The van der Waals surface area contributed by atoms with Gasteiger partial charge in [0.2, 0.25) is 0 Å². The number of anilines is 3. The Hall–Kier alpha value is -6.18. The summed E-state index contributed by atoms with van der Waals surface area (Å²) < 4.78 is 0. The molecule has 51 heavy (non-hydrogen) atoms. The van der Waals surface area contributed by atoms with Crippen molar-refractivity contribution in [1.29, 1.82) is 0 Å². The fraction of sp³-hybridized carbons (Fsp3) is 0.0800. The van der Waals surface area contributed by atoms with Crippen LogP contribution in [0.4, 0.5) is 17.1 Å². The monoisotopic (exact) mass is 653 g/mol. The van der Waals surface area contributed by atoms with Crippen molar-refractivity contribution in [2.45, 2.75) is 26.2 Å². The molecule has 1 aliphatic rings. The highest BCUT2D eigenvalue weighted by atomic mass is 15.1. The molecule has 0 saturated carbocycles. The molecule has 0 N–H and O–H groups in total. The van der Waals surface area contributed by atoms with Gasteiger partial charge in [-0.2, -0.15) is 0 Å². The van der Waals surface area contributed by atoms with Gasteiger partial charge in [-0.05, 0) is 127 Å². The molecule has 0 amide bonds. The molecule has 0 saturated heterocycles. The largest absolute Gasteiger partial charge is 0.310 e. The molecule has 0 aromatic heterocycles. The number of aryl methyl sites for hydroxylation is 1. The average molecular weight is 654 g/mol. The summed E-state index contributed by atoms with van der Waals surface area (Å²) in [6.07, 6.45) is 0. The van der Waals surface area contributed by atoms with Crippen molar-refractivity contribution in [3.05, 3.63) is 199 Å². The number of rotatable bonds is 6. The lowest BCUT2D eigenvalue weighted by molar-refractivity contribution is 0.660. The van der Waals surface area contributed by atoms with Crippen LogP contribution in [-0.2, 0) is 5.41 Å². The van der Waals surface area contributed by atoms with E-state index in [-0.39, 0.29) is 5.41 Å². The Bertz CT molecular complexity index is 2540. The molecule has 1 nitrogen and oxygen atoms in total. The highest BCUT2D eigenvalue weighted by Gasteiger charge is 2.36. The summed E-state index contributed by atoms with van der Waals surface area (Å²) in [6.45, 7) is 6.92. The SMILES string of the molecule is Cc1cccc(N(c2ccc(-c3ccc(-c4ccccc4)cc3)cc2)c2ccc3c(c2)C(C)(C)c2cc(-c4ccc5ccccc5c4)ccc2-3)c1. The van der Waals surface area contributed by atoms with Crippen LogP contribution >= 0.6 is 0 Å². The number of hydrogen-bond donors (Lipinski definition) is 0. The van der Waals surface area contributed by atoms with Gasteiger partial charge in [-0.3, -0.25) is 0 Å². The Labute approximate surface area is 301 Å². The normalized spacial score (nSPS) is 12.8. The Kier molecular flexibility index (Phi) is 7.44. The first-order chi connectivity index (χ1) is 24.9. The topological polar surface area (TPSA) is 3.24 Å². The van der Waals surface area contributed by atoms with Crippen LogP contribution in [0.2, 0.25) is 0 Å². The first-order valence-electron chi connectivity index (χ1n) is 17.8. The zero-order chi connectivity index (χ0) is 34.5. The molecule has 0 spiro atoms. The summed E-state index contributed by atoms with van der Waals surface area (Å²) in [5, 5.41) is 2.54. The van der Waals surface area contributed by atoms with Crippen LogP contribution in [-0.4, -0.2) is 0 Å². The van der Waals surface area contributed by atoms with Gasteiger partial charge in [-0.15, -0.1) is 0 Å². The zero-order valence-electron chi connectivity index (χ0n) is 29.3. The van der Waals surface area contributed by atoms with Gasteiger partial charge in [-0.1, -0.05) is 147 Å². The van der Waals surface area contributed by atoms with E-state index in [9.17, 15) is 0 Å². The van der Waals surface area contributed by atoms with Crippen molar-refractivity contribution in [2.24, 2.45) is 0 Å². The molecule has 8 aromatic carbocycles. The molecular weight excluding hydrogens is 615 g/mol. The summed E-state index contributed by atoms with van der Waals surface area (Å²) in [5.41, 5.74) is 17.3. The standard InChI is InChI=1S/C50H39N/c1-34-10-9-15-44(30-34)51(43-25-22-39(23-26-43)38-18-16-37(17-19-38)35-11-5-4-6-12-35)45-27-29-47-46-28-24-42(32-48(46)50(2,3)49(47)33-45)41-21-20-36-13-7-8-14-40(36)31-41/h4-33H,1-3H3. The predicted octanol–water partition coefficient (Wildman–Crippen LogP) is 13.9. The lowest BCUT2D eigenvalue weighted by Gasteiger charge is -2.28. The van der Waals surface area contributed by atoms with E-state index in [4.69, 9.17) is 0 Å². The van der Waals surface area contributed by atoms with Crippen molar-refractivity contribution in [1.82, 2.24) is 0 Å². The second-order valence-corrected chi connectivity index (χ2v) is 14.3. The maximum Gasteiger partial charge on any atom is 0.0465 e. The summed E-state index contributed by atoms with van der Waals surface area (Å²) in [5.74, 6) is 0. The van der Waals surface area contributed by atoms with Crippen molar-refractivity contribution < 1.29 is 0 Å². The molecule has 9 rings (SSSR count). The molecule has 8 aromatic rings. The van der Waals surface area contributed by atoms with Gasteiger partial charge in [0.25, 0.3) is 0 Å². The average Bonchev–Trinajstić information content (AvgIpc) is 3.40. The number of hydrogen-bond acceptors (Lipinski definition) is 1. The highest BCUT2D eigenvalue weighted by Crippen LogP contribution is 2.51. The first-order valence-corrected chi connectivity index (χ1v) is 17.8. The van der Waals surface area contributed by atoms with E-state index >= 15 is 0 Å². The van der Waals surface area contributed by atoms with E-state index < -0.39 is 0 Å². The van der Waals surface area contributed by atoms with Gasteiger partial charge < -0.3 is 4.90 Å². The second-order valence-electron chi connectivity index (χ2n) is 14.3. The summed E-state index contributed by atoms with van der Waals surface area (Å²) in [4.78, 5) is 2.40. The van der Waals surface area contributed by atoms with Crippen molar-refractivity contribution >= 4 is 27.8 Å². The van der Waals surface area contributed by atoms with Gasteiger partial charge in [0.1, 0.15) is 0 Å². The van der Waals surface area contributed by atoms with Crippen molar-refractivity contribution in [3.8, 4) is 44.5 Å². The van der Waals surface area contributed by atoms with E-state index in [1.807, 2.05) is 0 Å². The predicted molar refractivity (Wildman–Crippen MR) is 217 cm³/mol. The maximum atomic E-state index is 2.42. The van der Waals surface area contributed by atoms with Crippen LogP contribution in [0.3, 0.4) is 0 Å². The fourth-order valence-corrected chi connectivity index (χ4v) is 7.92. The molecule has 0 radical (unpaired) electrons. The van der Waals surface area contributed by atoms with Crippen molar-refractivity contribution in [3.63, 3.8) is 0 Å². The minimum atomic E-state index is -0.151. The van der Waals surface area contributed by atoms with Gasteiger partial charge in [-0.25, -0.2) is 0 Å². The van der Waals surface area contributed by atoms with Crippen molar-refractivity contribution in [2.75, 3.05) is 4.90 Å². The quantitative estimate of drug-likeness (QED) is 0.173. The first kappa shape index (κ1) is 30.8. The Morgan fingerprint density at radius 2 is 0.863 bits per heavy atom. The lowest BCUT2D eigenvalue weighted by Crippen LogP contribution is -2.16. The number of benzene rings is 8. The van der Waals surface area contributed by atoms with Crippen LogP contribution < -0.4 is 4.90 Å². The van der Waals surface area contributed by atoms with E-state index in [1.54, 1.807) is 0 Å². The van der Waals surface area contributed by atoms with Gasteiger partial charge >= 0.3 is 0 Å². The molecule has 1 aliphatic carbocycles. The van der Waals surface area contributed by atoms with Crippen LogP contribution in [0.25, 0.3) is 55.3 Å². The van der Waals surface area contributed by atoms with E-state index in [1.165, 1.54) is 72.0 Å². The molecule has 0 fully saturated rings. The van der Waals surface area contributed by atoms with Gasteiger partial charge in [0.05, 0.1) is 0 Å². The summed E-state index contributed by atoms with van der Waals surface area (Å²) >= 11 is 0. The molecular formula is C50H39N. The van der Waals surface area contributed by atoms with E-state index in [2.05, 4.69) is 208 Å². The van der Waals surface area contributed by atoms with Crippen LogP contribution in [0.5, 0.6) is 0 Å².